The summed E-state index contributed by atoms with van der Waals surface area (Å²) in [4.78, 5) is 2.35. The summed E-state index contributed by atoms with van der Waals surface area (Å²) in [5.41, 5.74) is 3.40. The van der Waals surface area contributed by atoms with E-state index in [2.05, 4.69) is 17.0 Å². The van der Waals surface area contributed by atoms with Gasteiger partial charge in [-0.3, -0.25) is 0 Å². The van der Waals surface area contributed by atoms with Crippen LogP contribution in [-0.2, 0) is 11.3 Å². The van der Waals surface area contributed by atoms with Gasteiger partial charge in [-0.25, -0.2) is 0 Å². The maximum absolute atomic E-state index is 9.13. The molecule has 1 aliphatic heterocycles. The van der Waals surface area contributed by atoms with E-state index in [1.54, 1.807) is 0 Å². The summed E-state index contributed by atoms with van der Waals surface area (Å²) in [6.45, 7) is 5.85. The van der Waals surface area contributed by atoms with Gasteiger partial charge in [-0.1, -0.05) is 6.07 Å². The molecule has 0 bridgehead atoms. The lowest BCUT2D eigenvalue weighted by atomic mass is 10.1. The van der Waals surface area contributed by atoms with Crippen LogP contribution in [0, 0.1) is 6.92 Å². The van der Waals surface area contributed by atoms with E-state index in [4.69, 9.17) is 9.84 Å². The molecule has 16 heavy (non-hydrogen) atoms. The topological polar surface area (TPSA) is 32.7 Å². The standard InChI is InChI=1S/C13H19NO2/c1-11-9-13(4-3-12(11)10-15)14-5-2-7-16-8-6-14/h3-4,9,15H,2,5-8,10H2,1H3. The van der Waals surface area contributed by atoms with Crippen molar-refractivity contribution in [3.05, 3.63) is 29.3 Å². The predicted octanol–water partition coefficient (Wildman–Crippen LogP) is 1.71. The Morgan fingerprint density at radius 2 is 2.19 bits per heavy atom. The van der Waals surface area contributed by atoms with Crippen molar-refractivity contribution in [3.8, 4) is 0 Å². The van der Waals surface area contributed by atoms with Crippen LogP contribution in [0.5, 0.6) is 0 Å². The summed E-state index contributed by atoms with van der Waals surface area (Å²) < 4.78 is 5.44. The van der Waals surface area contributed by atoms with Crippen molar-refractivity contribution in [2.75, 3.05) is 31.2 Å². The molecule has 0 amide bonds. The highest BCUT2D eigenvalue weighted by molar-refractivity contribution is 5.50. The van der Waals surface area contributed by atoms with Gasteiger partial charge >= 0.3 is 0 Å². The van der Waals surface area contributed by atoms with Crippen LogP contribution in [0.15, 0.2) is 18.2 Å². The average Bonchev–Trinajstić information content (AvgIpc) is 2.57. The van der Waals surface area contributed by atoms with Crippen LogP contribution < -0.4 is 4.90 Å². The molecule has 1 aromatic carbocycles. The molecular weight excluding hydrogens is 202 g/mol. The normalized spacial score (nSPS) is 17.2. The lowest BCUT2D eigenvalue weighted by Gasteiger charge is -2.22. The van der Waals surface area contributed by atoms with Crippen molar-refractivity contribution < 1.29 is 9.84 Å². The summed E-state index contributed by atoms with van der Waals surface area (Å²) >= 11 is 0. The predicted molar refractivity (Wildman–Crippen MR) is 64.8 cm³/mol. The van der Waals surface area contributed by atoms with Gasteiger partial charge in [0.15, 0.2) is 0 Å². The number of hydrogen-bond donors (Lipinski definition) is 1. The Hall–Kier alpha value is -1.06. The first-order valence-electron chi connectivity index (χ1n) is 5.84. The molecular formula is C13H19NO2. The highest BCUT2D eigenvalue weighted by atomic mass is 16.5. The van der Waals surface area contributed by atoms with Crippen molar-refractivity contribution in [2.24, 2.45) is 0 Å². The summed E-state index contributed by atoms with van der Waals surface area (Å²) in [6.07, 6.45) is 1.08. The molecule has 0 radical (unpaired) electrons. The van der Waals surface area contributed by atoms with Gasteiger partial charge < -0.3 is 14.7 Å². The maximum atomic E-state index is 9.13. The molecule has 3 heteroatoms. The number of benzene rings is 1. The van der Waals surface area contributed by atoms with E-state index in [1.165, 1.54) is 5.69 Å². The second-order valence-electron chi connectivity index (χ2n) is 4.22. The first-order chi connectivity index (χ1) is 7.81. The molecule has 1 aliphatic rings. The molecule has 1 N–H and O–H groups in total. The molecule has 1 saturated heterocycles. The van der Waals surface area contributed by atoms with Gasteiger partial charge in [-0.05, 0) is 36.6 Å². The summed E-state index contributed by atoms with van der Waals surface area (Å²) in [5.74, 6) is 0. The number of hydrogen-bond acceptors (Lipinski definition) is 3. The first-order valence-corrected chi connectivity index (χ1v) is 5.84. The number of aryl methyl sites for hydroxylation is 1. The molecule has 0 atom stereocenters. The minimum Gasteiger partial charge on any atom is -0.392 e. The minimum atomic E-state index is 0.120. The lowest BCUT2D eigenvalue weighted by molar-refractivity contribution is 0.152. The number of rotatable bonds is 2. The zero-order valence-corrected chi connectivity index (χ0v) is 9.78. The van der Waals surface area contributed by atoms with Crippen LogP contribution in [0.4, 0.5) is 5.69 Å². The van der Waals surface area contributed by atoms with E-state index in [0.717, 1.165) is 43.9 Å². The third-order valence-electron chi connectivity index (χ3n) is 3.08. The fraction of sp³-hybridized carbons (Fsp3) is 0.538. The number of aliphatic hydroxyl groups excluding tert-OH is 1. The number of anilines is 1. The van der Waals surface area contributed by atoms with Gasteiger partial charge in [0.25, 0.3) is 0 Å². The highest BCUT2D eigenvalue weighted by Gasteiger charge is 2.10. The zero-order chi connectivity index (χ0) is 11.4. The molecule has 3 nitrogen and oxygen atoms in total. The zero-order valence-electron chi connectivity index (χ0n) is 9.78. The van der Waals surface area contributed by atoms with Crippen LogP contribution >= 0.6 is 0 Å². The van der Waals surface area contributed by atoms with E-state index in [1.807, 2.05) is 13.0 Å². The van der Waals surface area contributed by atoms with Gasteiger partial charge in [0.2, 0.25) is 0 Å². The average molecular weight is 221 g/mol. The van der Waals surface area contributed by atoms with Crippen LogP contribution in [-0.4, -0.2) is 31.4 Å². The third kappa shape index (κ3) is 2.54. The minimum absolute atomic E-state index is 0.120. The number of aliphatic hydroxyl groups is 1. The summed E-state index contributed by atoms with van der Waals surface area (Å²) in [5, 5.41) is 9.13. The molecule has 88 valence electrons. The lowest BCUT2D eigenvalue weighted by Crippen LogP contribution is -2.25. The van der Waals surface area contributed by atoms with Crippen molar-refractivity contribution in [3.63, 3.8) is 0 Å². The Morgan fingerprint density at radius 1 is 1.31 bits per heavy atom. The molecule has 1 heterocycles. The fourth-order valence-electron chi connectivity index (χ4n) is 2.06. The summed E-state index contributed by atoms with van der Waals surface area (Å²) in [6, 6.07) is 6.25. The molecule has 0 aromatic heterocycles. The largest absolute Gasteiger partial charge is 0.392 e. The van der Waals surface area contributed by atoms with Gasteiger partial charge in [0.05, 0.1) is 13.2 Å². The van der Waals surface area contributed by atoms with Crippen molar-refractivity contribution >= 4 is 5.69 Å². The monoisotopic (exact) mass is 221 g/mol. The Morgan fingerprint density at radius 3 is 2.94 bits per heavy atom. The molecule has 0 unspecified atom stereocenters. The van der Waals surface area contributed by atoms with Gasteiger partial charge in [0.1, 0.15) is 0 Å². The van der Waals surface area contributed by atoms with Crippen LogP contribution in [0.2, 0.25) is 0 Å². The number of nitrogens with zero attached hydrogens (tertiary/aromatic N) is 1. The van der Waals surface area contributed by atoms with Gasteiger partial charge in [0, 0.05) is 25.4 Å². The van der Waals surface area contributed by atoms with Crippen LogP contribution in [0.1, 0.15) is 17.5 Å². The Balaban J connectivity index is 2.16. The fourth-order valence-corrected chi connectivity index (χ4v) is 2.06. The quantitative estimate of drug-likeness (QED) is 0.825. The SMILES string of the molecule is Cc1cc(N2CCCOCC2)ccc1CO. The molecule has 0 aliphatic carbocycles. The molecule has 0 spiro atoms. The maximum Gasteiger partial charge on any atom is 0.0684 e. The third-order valence-corrected chi connectivity index (χ3v) is 3.08. The Bertz CT molecular complexity index is 344. The van der Waals surface area contributed by atoms with E-state index >= 15 is 0 Å². The van der Waals surface area contributed by atoms with Crippen LogP contribution in [0.3, 0.4) is 0 Å². The van der Waals surface area contributed by atoms with Crippen molar-refractivity contribution in [1.29, 1.82) is 0 Å². The van der Waals surface area contributed by atoms with Crippen molar-refractivity contribution in [2.45, 2.75) is 20.0 Å². The number of ether oxygens (including phenoxy) is 1. The van der Waals surface area contributed by atoms with Crippen molar-refractivity contribution in [1.82, 2.24) is 0 Å². The van der Waals surface area contributed by atoms with E-state index in [9.17, 15) is 0 Å². The molecule has 2 rings (SSSR count). The first kappa shape index (κ1) is 11.4. The second kappa shape index (κ2) is 5.32. The second-order valence-corrected chi connectivity index (χ2v) is 4.22. The molecule has 1 fully saturated rings. The smallest absolute Gasteiger partial charge is 0.0684 e. The Kier molecular flexibility index (Phi) is 3.80. The van der Waals surface area contributed by atoms with E-state index in [0.29, 0.717) is 0 Å². The van der Waals surface area contributed by atoms with E-state index < -0.39 is 0 Å². The van der Waals surface area contributed by atoms with Gasteiger partial charge in [-0.2, -0.15) is 0 Å². The van der Waals surface area contributed by atoms with E-state index in [-0.39, 0.29) is 6.61 Å². The van der Waals surface area contributed by atoms with Crippen LogP contribution in [0.25, 0.3) is 0 Å². The Labute approximate surface area is 96.6 Å². The van der Waals surface area contributed by atoms with Gasteiger partial charge in [-0.15, -0.1) is 0 Å². The molecule has 0 saturated carbocycles. The highest BCUT2D eigenvalue weighted by Crippen LogP contribution is 2.20. The summed E-state index contributed by atoms with van der Waals surface area (Å²) in [7, 11) is 0. The molecule has 1 aromatic rings.